The van der Waals surface area contributed by atoms with Gasteiger partial charge in [0.05, 0.1) is 22.3 Å². The second-order valence-corrected chi connectivity index (χ2v) is 11.1. The molecular weight excluding hydrogens is 450 g/mol. The van der Waals surface area contributed by atoms with E-state index in [1.807, 2.05) is 60.7 Å². The zero-order chi connectivity index (χ0) is 24.6. The molecule has 2 aromatic heterocycles. The number of nitrogens with zero attached hydrogens (tertiary/aromatic N) is 2. The van der Waals surface area contributed by atoms with Crippen molar-refractivity contribution in [3.8, 4) is 17.3 Å². The van der Waals surface area contributed by atoms with Gasteiger partial charge in [-0.2, -0.15) is 5.26 Å². The highest BCUT2D eigenvalue weighted by molar-refractivity contribution is 7.16. The minimum atomic E-state index is -0.207. The molecule has 1 N–H and O–H groups in total. The summed E-state index contributed by atoms with van der Waals surface area (Å²) in [5.41, 5.74) is 5.07. The Balaban J connectivity index is 1.51. The molecule has 5 rings (SSSR count). The number of para-hydroxylation sites is 1. The lowest BCUT2D eigenvalue weighted by molar-refractivity contribution is 0.102. The number of nitrogens with one attached hydrogen (secondary N) is 1. The lowest BCUT2D eigenvalue weighted by Gasteiger charge is -2.36. The lowest BCUT2D eigenvalue weighted by atomic mass is 9.69. The average molecular weight is 480 g/mol. The first-order chi connectivity index (χ1) is 16.9. The molecule has 1 atom stereocenters. The molecule has 1 aliphatic carbocycles. The van der Waals surface area contributed by atoms with Crippen molar-refractivity contribution in [1.29, 1.82) is 5.26 Å². The van der Waals surface area contributed by atoms with Crippen LogP contribution >= 0.6 is 11.3 Å². The number of thiophene rings is 1. The van der Waals surface area contributed by atoms with E-state index in [1.165, 1.54) is 4.88 Å². The molecule has 0 aliphatic heterocycles. The van der Waals surface area contributed by atoms with Gasteiger partial charge in [-0.1, -0.05) is 75.7 Å². The van der Waals surface area contributed by atoms with E-state index in [9.17, 15) is 10.1 Å². The summed E-state index contributed by atoms with van der Waals surface area (Å²) in [7, 11) is 0. The fourth-order valence-corrected chi connectivity index (χ4v) is 6.31. The fraction of sp³-hybridized carbons (Fsp3) is 0.300. The summed E-state index contributed by atoms with van der Waals surface area (Å²) in [4.78, 5) is 19.7. The summed E-state index contributed by atoms with van der Waals surface area (Å²) < 4.78 is 0. The van der Waals surface area contributed by atoms with E-state index in [2.05, 4.69) is 32.2 Å². The molecule has 0 fully saturated rings. The summed E-state index contributed by atoms with van der Waals surface area (Å²) >= 11 is 1.58. The van der Waals surface area contributed by atoms with Gasteiger partial charge in [-0.25, -0.2) is 4.98 Å². The van der Waals surface area contributed by atoms with Crippen molar-refractivity contribution >= 4 is 33.1 Å². The Hall–Kier alpha value is -3.49. The number of carbonyl (C=O) groups is 1. The number of amides is 1. The number of fused-ring (bicyclic) bond motifs is 2. The third-order valence-electron chi connectivity index (χ3n) is 7.65. The Labute approximate surface area is 210 Å². The van der Waals surface area contributed by atoms with Crippen molar-refractivity contribution in [2.45, 2.75) is 46.5 Å². The zero-order valence-corrected chi connectivity index (χ0v) is 21.2. The molecule has 2 aromatic carbocycles. The van der Waals surface area contributed by atoms with Crippen LogP contribution in [0.4, 0.5) is 5.00 Å². The number of rotatable bonds is 5. The van der Waals surface area contributed by atoms with Crippen LogP contribution in [0.25, 0.3) is 22.2 Å². The van der Waals surface area contributed by atoms with Gasteiger partial charge in [-0.05, 0) is 48.3 Å². The maximum absolute atomic E-state index is 13.6. The molecule has 0 bridgehead atoms. The highest BCUT2D eigenvalue weighted by Gasteiger charge is 2.34. The summed E-state index contributed by atoms with van der Waals surface area (Å²) in [6.07, 6.45) is 4.09. The van der Waals surface area contributed by atoms with Crippen LogP contribution in [0.1, 0.15) is 60.0 Å². The van der Waals surface area contributed by atoms with Crippen LogP contribution in [0, 0.1) is 22.7 Å². The van der Waals surface area contributed by atoms with Crippen molar-refractivity contribution in [1.82, 2.24) is 4.98 Å². The molecule has 176 valence electrons. The van der Waals surface area contributed by atoms with E-state index in [0.29, 0.717) is 22.0 Å². The molecule has 0 radical (unpaired) electrons. The largest absolute Gasteiger partial charge is 0.312 e. The summed E-state index contributed by atoms with van der Waals surface area (Å²) in [6.45, 7) is 6.92. The third-order valence-corrected chi connectivity index (χ3v) is 8.82. The van der Waals surface area contributed by atoms with Crippen molar-refractivity contribution in [2.75, 3.05) is 5.32 Å². The molecule has 0 saturated heterocycles. The average Bonchev–Trinajstić information content (AvgIpc) is 3.24. The van der Waals surface area contributed by atoms with Crippen molar-refractivity contribution in [2.24, 2.45) is 11.3 Å². The van der Waals surface area contributed by atoms with Gasteiger partial charge in [0.25, 0.3) is 5.91 Å². The SMILES string of the molecule is CCC(C)(C)[C@H]1CCc2c(sc(NC(=O)c3cc(-c4ccccc4)nc4ccccc34)c2C#N)C1. The number of nitriles is 1. The Morgan fingerprint density at radius 1 is 1.17 bits per heavy atom. The highest BCUT2D eigenvalue weighted by atomic mass is 32.1. The second kappa shape index (κ2) is 9.28. The van der Waals surface area contributed by atoms with Gasteiger partial charge in [-0.15, -0.1) is 11.3 Å². The molecule has 1 amide bonds. The fourth-order valence-electron chi connectivity index (χ4n) is 5.04. The van der Waals surface area contributed by atoms with E-state index in [4.69, 9.17) is 4.98 Å². The van der Waals surface area contributed by atoms with Crippen LogP contribution in [-0.2, 0) is 12.8 Å². The van der Waals surface area contributed by atoms with E-state index in [-0.39, 0.29) is 11.3 Å². The topological polar surface area (TPSA) is 65.8 Å². The van der Waals surface area contributed by atoms with Crippen LogP contribution in [0.3, 0.4) is 0 Å². The monoisotopic (exact) mass is 479 g/mol. The van der Waals surface area contributed by atoms with Crippen LogP contribution in [-0.4, -0.2) is 10.9 Å². The van der Waals surface area contributed by atoms with Gasteiger partial charge in [0.1, 0.15) is 11.1 Å². The van der Waals surface area contributed by atoms with Crippen molar-refractivity contribution in [3.05, 3.63) is 82.2 Å². The number of aromatic nitrogens is 1. The Kier molecular flexibility index (Phi) is 6.17. The number of anilines is 1. The molecular formula is C30H29N3OS. The van der Waals surface area contributed by atoms with E-state index < -0.39 is 0 Å². The summed E-state index contributed by atoms with van der Waals surface area (Å²) in [5, 5.41) is 14.5. The van der Waals surface area contributed by atoms with Crippen molar-refractivity contribution in [3.63, 3.8) is 0 Å². The van der Waals surface area contributed by atoms with Crippen molar-refractivity contribution < 1.29 is 4.79 Å². The van der Waals surface area contributed by atoms with E-state index in [1.54, 1.807) is 11.3 Å². The molecule has 0 unspecified atom stereocenters. The number of hydrogen-bond acceptors (Lipinski definition) is 4. The second-order valence-electron chi connectivity index (χ2n) is 9.99. The first-order valence-electron chi connectivity index (χ1n) is 12.2. The van der Waals surface area contributed by atoms with Gasteiger partial charge >= 0.3 is 0 Å². The maximum atomic E-state index is 13.6. The number of pyridine rings is 1. The minimum Gasteiger partial charge on any atom is -0.312 e. The first-order valence-corrected chi connectivity index (χ1v) is 13.0. The highest BCUT2D eigenvalue weighted by Crippen LogP contribution is 2.45. The first kappa shape index (κ1) is 23.3. The molecule has 4 nitrogen and oxygen atoms in total. The molecule has 0 saturated carbocycles. The minimum absolute atomic E-state index is 0.207. The molecule has 0 spiro atoms. The van der Waals surface area contributed by atoms with Crippen LogP contribution in [0.15, 0.2) is 60.7 Å². The smallest absolute Gasteiger partial charge is 0.257 e. The Bertz CT molecular complexity index is 1450. The maximum Gasteiger partial charge on any atom is 0.257 e. The molecule has 35 heavy (non-hydrogen) atoms. The van der Waals surface area contributed by atoms with Crippen LogP contribution in [0.5, 0.6) is 0 Å². The summed E-state index contributed by atoms with van der Waals surface area (Å²) in [5.74, 6) is 0.382. The number of hydrogen-bond donors (Lipinski definition) is 1. The Morgan fingerprint density at radius 2 is 1.91 bits per heavy atom. The molecule has 4 aromatic rings. The van der Waals surface area contributed by atoms with E-state index in [0.717, 1.165) is 53.4 Å². The standard InChI is InChI=1S/C30H29N3OS/c1-4-30(2,3)20-14-15-22-24(18-31)29(35-27(22)16-20)33-28(34)23-17-26(19-10-6-5-7-11-19)32-25-13-9-8-12-21(23)25/h5-13,17,20H,4,14-16H2,1-3H3,(H,33,34)/t20-/m0/s1. The number of carbonyl (C=O) groups excluding carboxylic acids is 1. The lowest BCUT2D eigenvalue weighted by Crippen LogP contribution is -2.28. The van der Waals surface area contributed by atoms with Gasteiger partial charge < -0.3 is 5.32 Å². The van der Waals surface area contributed by atoms with Gasteiger partial charge in [0.15, 0.2) is 0 Å². The van der Waals surface area contributed by atoms with Gasteiger partial charge in [0, 0.05) is 15.8 Å². The Morgan fingerprint density at radius 3 is 2.66 bits per heavy atom. The predicted octanol–water partition coefficient (Wildman–Crippen LogP) is 7.63. The van der Waals surface area contributed by atoms with E-state index >= 15 is 0 Å². The normalized spacial score (nSPS) is 15.4. The van der Waals surface area contributed by atoms with Crippen LogP contribution < -0.4 is 5.32 Å². The van der Waals surface area contributed by atoms with Gasteiger partial charge in [0.2, 0.25) is 0 Å². The predicted molar refractivity (Wildman–Crippen MR) is 144 cm³/mol. The summed E-state index contributed by atoms with van der Waals surface area (Å²) in [6, 6.07) is 21.8. The molecule has 2 heterocycles. The van der Waals surface area contributed by atoms with Crippen LogP contribution in [0.2, 0.25) is 0 Å². The quantitative estimate of drug-likeness (QED) is 0.320. The third kappa shape index (κ3) is 4.35. The van der Waals surface area contributed by atoms with Gasteiger partial charge in [-0.3, -0.25) is 4.79 Å². The number of benzene rings is 2. The molecule has 5 heteroatoms. The zero-order valence-electron chi connectivity index (χ0n) is 20.4. The molecule has 1 aliphatic rings.